The zero-order chi connectivity index (χ0) is 12.3. The van der Waals surface area contributed by atoms with Crippen molar-refractivity contribution in [3.05, 3.63) is 14.7 Å². The molecule has 0 saturated carbocycles. The van der Waals surface area contributed by atoms with E-state index in [4.69, 9.17) is 28.5 Å². The van der Waals surface area contributed by atoms with Crippen LogP contribution in [0.5, 0.6) is 0 Å². The molecule has 0 saturated heterocycles. The van der Waals surface area contributed by atoms with E-state index in [1.165, 1.54) is 6.07 Å². The van der Waals surface area contributed by atoms with E-state index in [0.29, 0.717) is 4.34 Å². The van der Waals surface area contributed by atoms with E-state index in [1.54, 1.807) is 13.0 Å². The molecule has 0 amide bonds. The Kier molecular flexibility index (Phi) is 4.59. The average molecular weight is 299 g/mol. The summed E-state index contributed by atoms with van der Waals surface area (Å²) in [7, 11) is -3.72. The van der Waals surface area contributed by atoms with Crippen molar-refractivity contribution in [3.8, 4) is 6.07 Å². The van der Waals surface area contributed by atoms with Gasteiger partial charge < -0.3 is 0 Å². The number of hydrogen-bond donors (Lipinski definition) is 0. The van der Waals surface area contributed by atoms with Gasteiger partial charge in [-0.3, -0.25) is 0 Å². The summed E-state index contributed by atoms with van der Waals surface area (Å²) in [5.74, 6) is 0. The molecule has 4 nitrogen and oxygen atoms in total. The molecular weight excluding hydrogens is 291 g/mol. The summed E-state index contributed by atoms with van der Waals surface area (Å²) in [5, 5.41) is 8.54. The number of sulfonamides is 1. The van der Waals surface area contributed by atoms with Crippen molar-refractivity contribution < 1.29 is 8.42 Å². The average Bonchev–Trinajstić information content (AvgIpc) is 2.54. The second-order valence-electron chi connectivity index (χ2n) is 2.78. The lowest BCUT2D eigenvalue weighted by atomic mass is 10.6. The molecule has 0 N–H and O–H groups in total. The van der Waals surface area contributed by atoms with Crippen LogP contribution in [0, 0.1) is 11.3 Å². The summed E-state index contributed by atoms with van der Waals surface area (Å²) >= 11 is 12.4. The predicted octanol–water partition coefficient (Wildman–Crippen LogP) is 2.59. The molecule has 8 heteroatoms. The van der Waals surface area contributed by atoms with Crippen LogP contribution in [-0.4, -0.2) is 25.8 Å². The van der Waals surface area contributed by atoms with Crippen LogP contribution >= 0.6 is 34.5 Å². The Morgan fingerprint density at radius 2 is 2.19 bits per heavy atom. The number of rotatable bonds is 4. The molecule has 1 aromatic rings. The van der Waals surface area contributed by atoms with Crippen molar-refractivity contribution in [1.29, 1.82) is 5.26 Å². The van der Waals surface area contributed by atoms with Gasteiger partial charge in [0.25, 0.3) is 0 Å². The molecule has 16 heavy (non-hydrogen) atoms. The van der Waals surface area contributed by atoms with Crippen LogP contribution < -0.4 is 0 Å². The minimum Gasteiger partial charge on any atom is -0.207 e. The van der Waals surface area contributed by atoms with Crippen LogP contribution in [0.2, 0.25) is 8.67 Å². The molecule has 0 aliphatic heterocycles. The molecule has 0 radical (unpaired) electrons. The van der Waals surface area contributed by atoms with Crippen molar-refractivity contribution >= 4 is 44.6 Å². The van der Waals surface area contributed by atoms with Gasteiger partial charge in [-0.05, 0) is 6.07 Å². The fraction of sp³-hybridized carbons (Fsp3) is 0.375. The van der Waals surface area contributed by atoms with Gasteiger partial charge in [0.1, 0.15) is 15.8 Å². The first-order valence-corrected chi connectivity index (χ1v) is 7.26. The fourth-order valence-corrected chi connectivity index (χ4v) is 4.54. The summed E-state index contributed by atoms with van der Waals surface area (Å²) in [6.45, 7) is 1.65. The van der Waals surface area contributed by atoms with Crippen LogP contribution in [0.4, 0.5) is 0 Å². The van der Waals surface area contributed by atoms with E-state index >= 15 is 0 Å². The fourth-order valence-electron chi connectivity index (χ4n) is 1.09. The van der Waals surface area contributed by atoms with Crippen molar-refractivity contribution in [2.45, 2.75) is 11.8 Å². The molecule has 88 valence electrons. The monoisotopic (exact) mass is 298 g/mol. The van der Waals surface area contributed by atoms with Crippen LogP contribution in [0.25, 0.3) is 0 Å². The smallest absolute Gasteiger partial charge is 0.207 e. The minimum absolute atomic E-state index is 0.0405. The molecule has 0 aliphatic carbocycles. The largest absolute Gasteiger partial charge is 0.246 e. The third-order valence-electron chi connectivity index (χ3n) is 1.84. The maximum atomic E-state index is 12.0. The topological polar surface area (TPSA) is 61.2 Å². The maximum absolute atomic E-state index is 12.0. The summed E-state index contributed by atoms with van der Waals surface area (Å²) in [5.41, 5.74) is 0. The molecule has 0 bridgehead atoms. The van der Waals surface area contributed by atoms with Gasteiger partial charge >= 0.3 is 0 Å². The van der Waals surface area contributed by atoms with E-state index < -0.39 is 10.0 Å². The Bertz CT molecular complexity index is 519. The highest BCUT2D eigenvalue weighted by Gasteiger charge is 2.27. The lowest BCUT2D eigenvalue weighted by Gasteiger charge is -2.16. The van der Waals surface area contributed by atoms with Crippen molar-refractivity contribution in [2.24, 2.45) is 0 Å². The predicted molar refractivity (Wildman–Crippen MR) is 64.4 cm³/mol. The van der Waals surface area contributed by atoms with E-state index in [9.17, 15) is 8.42 Å². The third-order valence-corrected chi connectivity index (χ3v) is 5.52. The van der Waals surface area contributed by atoms with Gasteiger partial charge in [0.2, 0.25) is 10.0 Å². The highest BCUT2D eigenvalue weighted by molar-refractivity contribution is 7.89. The first kappa shape index (κ1) is 13.7. The molecular formula is C8H8Cl2N2O2S2. The first-order chi connectivity index (χ1) is 7.43. The lowest BCUT2D eigenvalue weighted by Crippen LogP contribution is -2.31. The van der Waals surface area contributed by atoms with Gasteiger partial charge in [-0.15, -0.1) is 11.3 Å². The van der Waals surface area contributed by atoms with E-state index in [1.807, 2.05) is 0 Å². The standard InChI is InChI=1S/C8H8Cl2N2O2S2/c1-2-12(4-3-11)16(13,14)6-5-7(9)15-8(6)10/h5H,2,4H2,1H3. The van der Waals surface area contributed by atoms with Gasteiger partial charge in [0.15, 0.2) is 0 Å². The second kappa shape index (κ2) is 5.34. The van der Waals surface area contributed by atoms with Gasteiger partial charge in [-0.1, -0.05) is 30.1 Å². The van der Waals surface area contributed by atoms with Crippen LogP contribution in [-0.2, 0) is 10.0 Å². The zero-order valence-corrected chi connectivity index (χ0v) is 11.4. The van der Waals surface area contributed by atoms with Gasteiger partial charge in [-0.2, -0.15) is 9.57 Å². The number of hydrogen-bond acceptors (Lipinski definition) is 4. The highest BCUT2D eigenvalue weighted by Crippen LogP contribution is 2.35. The number of thiophene rings is 1. The highest BCUT2D eigenvalue weighted by atomic mass is 35.5. The molecule has 1 heterocycles. The molecule has 1 rings (SSSR count). The quantitative estimate of drug-likeness (QED) is 0.803. The van der Waals surface area contributed by atoms with Crippen LogP contribution in [0.3, 0.4) is 0 Å². The van der Waals surface area contributed by atoms with Crippen molar-refractivity contribution in [1.82, 2.24) is 4.31 Å². The third kappa shape index (κ3) is 2.67. The van der Waals surface area contributed by atoms with Crippen molar-refractivity contribution in [2.75, 3.05) is 13.1 Å². The SMILES string of the molecule is CCN(CC#N)S(=O)(=O)c1cc(Cl)sc1Cl. The molecule has 0 atom stereocenters. The normalized spacial score (nSPS) is 11.7. The summed E-state index contributed by atoms with van der Waals surface area (Å²) in [6, 6.07) is 3.09. The van der Waals surface area contributed by atoms with Gasteiger partial charge in [0, 0.05) is 6.54 Å². The number of nitrogens with zero attached hydrogens (tertiary/aromatic N) is 2. The molecule has 0 unspecified atom stereocenters. The summed E-state index contributed by atoms with van der Waals surface area (Å²) in [6.07, 6.45) is 0. The van der Waals surface area contributed by atoms with Crippen LogP contribution in [0.1, 0.15) is 6.92 Å². The van der Waals surface area contributed by atoms with E-state index in [-0.39, 0.29) is 22.3 Å². The Morgan fingerprint density at radius 1 is 1.56 bits per heavy atom. The molecule has 1 aromatic heterocycles. The number of nitriles is 1. The maximum Gasteiger partial charge on any atom is 0.246 e. The summed E-state index contributed by atoms with van der Waals surface area (Å²) < 4.78 is 25.5. The van der Waals surface area contributed by atoms with E-state index in [0.717, 1.165) is 15.6 Å². The second-order valence-corrected chi connectivity index (χ2v) is 6.97. The molecule has 0 aliphatic rings. The van der Waals surface area contributed by atoms with Crippen LogP contribution in [0.15, 0.2) is 11.0 Å². The molecule has 0 spiro atoms. The Hall–Kier alpha value is -0.320. The Morgan fingerprint density at radius 3 is 2.56 bits per heavy atom. The Labute approximate surface area is 108 Å². The molecule has 0 aromatic carbocycles. The minimum atomic E-state index is -3.72. The summed E-state index contributed by atoms with van der Waals surface area (Å²) in [4.78, 5) is -0.0405. The van der Waals surface area contributed by atoms with E-state index in [2.05, 4.69) is 0 Å². The lowest BCUT2D eigenvalue weighted by molar-refractivity contribution is 0.463. The van der Waals surface area contributed by atoms with Crippen molar-refractivity contribution in [3.63, 3.8) is 0 Å². The first-order valence-electron chi connectivity index (χ1n) is 4.25. The number of halogens is 2. The van der Waals surface area contributed by atoms with Gasteiger partial charge in [-0.25, -0.2) is 8.42 Å². The molecule has 0 fully saturated rings. The zero-order valence-electron chi connectivity index (χ0n) is 8.27. The Balaban J connectivity index is 3.21. The van der Waals surface area contributed by atoms with Gasteiger partial charge in [0.05, 0.1) is 10.4 Å².